The minimum atomic E-state index is -0.279. The molecule has 2 heteroatoms. The van der Waals surface area contributed by atoms with E-state index >= 15 is 0 Å². The molecule has 1 unspecified atom stereocenters. The monoisotopic (exact) mass is 308 g/mol. The summed E-state index contributed by atoms with van der Waals surface area (Å²) in [6.07, 6.45) is 14.7. The molecule has 0 fully saturated rings. The van der Waals surface area contributed by atoms with Gasteiger partial charge in [-0.15, -0.1) is 0 Å². The molecule has 0 saturated carbocycles. The van der Waals surface area contributed by atoms with E-state index in [0.29, 0.717) is 5.57 Å². The predicted molar refractivity (Wildman–Crippen MR) is 96.0 cm³/mol. The summed E-state index contributed by atoms with van der Waals surface area (Å²) in [5, 5.41) is 0. The Hall–Kier alpha value is -1.05. The van der Waals surface area contributed by atoms with Gasteiger partial charge in [0.2, 0.25) is 0 Å². The van der Waals surface area contributed by atoms with Crippen molar-refractivity contribution >= 4 is 5.97 Å². The van der Waals surface area contributed by atoms with Crippen molar-refractivity contribution in [3.8, 4) is 0 Å². The number of hydrogen-bond donors (Lipinski definition) is 0. The average molecular weight is 309 g/mol. The smallest absolute Gasteiger partial charge is 0.333 e. The lowest BCUT2D eigenvalue weighted by molar-refractivity contribution is -0.142. The summed E-state index contributed by atoms with van der Waals surface area (Å²) in [7, 11) is 0. The van der Waals surface area contributed by atoms with Crippen LogP contribution in [0.1, 0.15) is 91.9 Å². The molecule has 0 spiro atoms. The van der Waals surface area contributed by atoms with Crippen LogP contribution in [0.2, 0.25) is 0 Å². The van der Waals surface area contributed by atoms with Crippen LogP contribution in [0.25, 0.3) is 0 Å². The zero-order valence-electron chi connectivity index (χ0n) is 15.2. The van der Waals surface area contributed by atoms with Gasteiger partial charge in [0.15, 0.2) is 0 Å². The summed E-state index contributed by atoms with van der Waals surface area (Å²) in [6, 6.07) is 0. The highest BCUT2D eigenvalue weighted by molar-refractivity contribution is 5.87. The first-order valence-corrected chi connectivity index (χ1v) is 8.98. The molecule has 0 aliphatic rings. The molecule has 0 bridgehead atoms. The normalized spacial score (nSPS) is 11.8. The Balaban J connectivity index is 3.83. The maximum absolute atomic E-state index is 11.6. The molecule has 0 rings (SSSR count). The van der Waals surface area contributed by atoms with E-state index in [1.54, 1.807) is 6.92 Å². The second-order valence-corrected chi connectivity index (χ2v) is 6.59. The molecule has 0 aromatic heterocycles. The molecule has 0 aliphatic heterocycles. The number of carbonyl (C=O) groups is 1. The van der Waals surface area contributed by atoms with Gasteiger partial charge in [0.05, 0.1) is 0 Å². The van der Waals surface area contributed by atoms with E-state index in [1.165, 1.54) is 56.9 Å². The number of allylic oxidation sites excluding steroid dienone is 1. The Kier molecular flexibility index (Phi) is 13.0. The van der Waals surface area contributed by atoms with Crippen molar-refractivity contribution in [2.24, 2.45) is 0 Å². The fraction of sp³-hybridized carbons (Fsp3) is 0.750. The molecular formula is C20H36O2. The molecule has 0 radical (unpaired) electrons. The third-order valence-electron chi connectivity index (χ3n) is 3.72. The van der Waals surface area contributed by atoms with Gasteiger partial charge >= 0.3 is 5.97 Å². The predicted octanol–water partition coefficient (Wildman–Crippen LogP) is 6.36. The molecule has 0 amide bonds. The Morgan fingerprint density at radius 2 is 1.45 bits per heavy atom. The Morgan fingerprint density at radius 3 is 1.91 bits per heavy atom. The lowest BCUT2D eigenvalue weighted by atomic mass is 10.0. The number of unbranched alkanes of at least 4 members (excludes halogenated alkanes) is 8. The molecule has 0 heterocycles. The van der Waals surface area contributed by atoms with Crippen molar-refractivity contribution in [2.75, 3.05) is 0 Å². The number of hydrogen-bond acceptors (Lipinski definition) is 2. The van der Waals surface area contributed by atoms with Gasteiger partial charge in [0.25, 0.3) is 0 Å². The van der Waals surface area contributed by atoms with Gasteiger partial charge < -0.3 is 4.74 Å². The molecule has 2 nitrogen and oxygen atoms in total. The number of ether oxygens (including phenoxy) is 1. The van der Waals surface area contributed by atoms with Crippen molar-refractivity contribution in [3.05, 3.63) is 23.8 Å². The highest BCUT2D eigenvalue weighted by atomic mass is 16.5. The fourth-order valence-electron chi connectivity index (χ4n) is 2.44. The minimum Gasteiger partial charge on any atom is -0.455 e. The van der Waals surface area contributed by atoms with Crippen LogP contribution in [-0.2, 0) is 9.53 Å². The van der Waals surface area contributed by atoms with E-state index in [2.05, 4.69) is 13.5 Å². The van der Waals surface area contributed by atoms with Crippen LogP contribution >= 0.6 is 0 Å². The summed E-state index contributed by atoms with van der Waals surface area (Å²) in [5.74, 6) is -0.279. The van der Waals surface area contributed by atoms with Crippen LogP contribution in [0.3, 0.4) is 0 Å². The second kappa shape index (κ2) is 13.6. The standard InChI is InChI=1S/C20H36O2/c1-6-7-8-9-10-11-12-13-14-15-19(16-17(2)3)22-20(21)18(4)5/h16,19H,4,6-15H2,1-3,5H3. The summed E-state index contributed by atoms with van der Waals surface area (Å²) in [4.78, 5) is 11.6. The molecule has 0 aliphatic carbocycles. The Morgan fingerprint density at radius 1 is 0.955 bits per heavy atom. The zero-order valence-corrected chi connectivity index (χ0v) is 15.2. The van der Waals surface area contributed by atoms with E-state index in [9.17, 15) is 4.79 Å². The van der Waals surface area contributed by atoms with E-state index in [0.717, 1.165) is 12.8 Å². The molecule has 128 valence electrons. The van der Waals surface area contributed by atoms with Crippen LogP contribution in [0.15, 0.2) is 23.8 Å². The topological polar surface area (TPSA) is 26.3 Å². The van der Waals surface area contributed by atoms with Crippen molar-refractivity contribution in [1.82, 2.24) is 0 Å². The van der Waals surface area contributed by atoms with Gasteiger partial charge in [-0.1, -0.05) is 70.4 Å². The zero-order chi connectivity index (χ0) is 16.8. The summed E-state index contributed by atoms with van der Waals surface area (Å²) < 4.78 is 5.48. The Bertz CT molecular complexity index is 338. The summed E-state index contributed by atoms with van der Waals surface area (Å²) in [5.41, 5.74) is 1.66. The Labute approximate surface area is 138 Å². The first kappa shape index (κ1) is 20.9. The van der Waals surface area contributed by atoms with E-state index < -0.39 is 0 Å². The molecule has 1 atom stereocenters. The molecule has 22 heavy (non-hydrogen) atoms. The average Bonchev–Trinajstić information content (AvgIpc) is 2.44. The summed E-state index contributed by atoms with van der Waals surface area (Å²) in [6.45, 7) is 11.7. The van der Waals surface area contributed by atoms with Gasteiger partial charge in [-0.2, -0.15) is 0 Å². The van der Waals surface area contributed by atoms with Crippen LogP contribution in [0, 0.1) is 0 Å². The lowest BCUT2D eigenvalue weighted by Crippen LogP contribution is -2.17. The molecule has 0 N–H and O–H groups in total. The van der Waals surface area contributed by atoms with Crippen molar-refractivity contribution < 1.29 is 9.53 Å². The first-order chi connectivity index (χ1) is 10.5. The van der Waals surface area contributed by atoms with Crippen LogP contribution in [0.4, 0.5) is 0 Å². The molecular weight excluding hydrogens is 272 g/mol. The van der Waals surface area contributed by atoms with Crippen molar-refractivity contribution in [2.45, 2.75) is 98.0 Å². The highest BCUT2D eigenvalue weighted by Gasteiger charge is 2.12. The van der Waals surface area contributed by atoms with Gasteiger partial charge in [-0.25, -0.2) is 4.79 Å². The van der Waals surface area contributed by atoms with E-state index in [-0.39, 0.29) is 12.1 Å². The highest BCUT2D eigenvalue weighted by Crippen LogP contribution is 2.15. The maximum atomic E-state index is 11.6. The molecule has 0 aromatic rings. The van der Waals surface area contributed by atoms with Crippen molar-refractivity contribution in [1.29, 1.82) is 0 Å². The van der Waals surface area contributed by atoms with Crippen LogP contribution in [0.5, 0.6) is 0 Å². The van der Waals surface area contributed by atoms with E-state index in [1.807, 2.05) is 19.9 Å². The number of esters is 1. The minimum absolute atomic E-state index is 0.0984. The van der Waals surface area contributed by atoms with Crippen molar-refractivity contribution in [3.63, 3.8) is 0 Å². The third-order valence-corrected chi connectivity index (χ3v) is 3.72. The summed E-state index contributed by atoms with van der Waals surface area (Å²) >= 11 is 0. The number of carbonyl (C=O) groups excluding carboxylic acids is 1. The fourth-order valence-corrected chi connectivity index (χ4v) is 2.44. The third kappa shape index (κ3) is 12.7. The number of rotatable bonds is 13. The van der Waals surface area contributed by atoms with Gasteiger partial charge in [-0.05, 0) is 39.7 Å². The van der Waals surface area contributed by atoms with Crippen LogP contribution < -0.4 is 0 Å². The van der Waals surface area contributed by atoms with E-state index in [4.69, 9.17) is 4.74 Å². The van der Waals surface area contributed by atoms with Gasteiger partial charge in [0, 0.05) is 5.57 Å². The van der Waals surface area contributed by atoms with Gasteiger partial charge in [-0.3, -0.25) is 0 Å². The van der Waals surface area contributed by atoms with Gasteiger partial charge in [0.1, 0.15) is 6.10 Å². The molecule has 0 aromatic carbocycles. The lowest BCUT2D eigenvalue weighted by Gasteiger charge is -2.15. The second-order valence-electron chi connectivity index (χ2n) is 6.59. The quantitative estimate of drug-likeness (QED) is 0.171. The first-order valence-electron chi connectivity index (χ1n) is 8.98. The maximum Gasteiger partial charge on any atom is 0.333 e. The largest absolute Gasteiger partial charge is 0.455 e. The van der Waals surface area contributed by atoms with Crippen LogP contribution in [-0.4, -0.2) is 12.1 Å². The SMILES string of the molecule is C=C(C)C(=O)OC(C=C(C)C)CCCCCCCCCCC. The molecule has 0 saturated heterocycles.